The zero-order chi connectivity index (χ0) is 28.8. The van der Waals surface area contributed by atoms with E-state index < -0.39 is 11.1 Å². The Labute approximate surface area is 235 Å². The van der Waals surface area contributed by atoms with Crippen LogP contribution in [0.2, 0.25) is 0 Å². The number of rotatable bonds is 10. The molecule has 0 saturated carbocycles. The molecule has 0 heterocycles. The Hall–Kier alpha value is -4.25. The lowest BCUT2D eigenvalue weighted by molar-refractivity contribution is -0.763. The number of fused-ring (bicyclic) bond motifs is 3. The average molecular weight is 567 g/mol. The van der Waals surface area contributed by atoms with Gasteiger partial charge in [-0.25, -0.2) is 0 Å². The number of amides is 1. The fourth-order valence-corrected chi connectivity index (χ4v) is 5.47. The first-order valence-electron chi connectivity index (χ1n) is 12.5. The van der Waals surface area contributed by atoms with Crippen molar-refractivity contribution in [3.05, 3.63) is 91.1 Å². The molecular weight excluding hydrogens is 536 g/mol. The summed E-state index contributed by atoms with van der Waals surface area (Å²) in [6.07, 6.45) is 3.00. The van der Waals surface area contributed by atoms with E-state index in [2.05, 4.69) is 10.2 Å². The van der Waals surface area contributed by atoms with E-state index in [1.165, 1.54) is 11.8 Å². The number of hydrogen-bond donors (Lipinski definition) is 1. The van der Waals surface area contributed by atoms with Crippen molar-refractivity contribution in [2.75, 3.05) is 27.6 Å². The van der Waals surface area contributed by atoms with Gasteiger partial charge in [0.2, 0.25) is 11.7 Å². The average Bonchev–Trinajstić information content (AvgIpc) is 3.19. The number of methoxy groups -OCH3 is 3. The van der Waals surface area contributed by atoms with Crippen LogP contribution in [0, 0.1) is 10.1 Å². The zero-order valence-corrected chi connectivity index (χ0v) is 23.5. The molecule has 1 atom stereocenters. The van der Waals surface area contributed by atoms with Crippen LogP contribution in [0.4, 0.5) is 0 Å². The van der Waals surface area contributed by atoms with Gasteiger partial charge in [0.1, 0.15) is 6.61 Å². The second-order valence-electron chi connectivity index (χ2n) is 9.11. The largest absolute Gasteiger partial charge is 0.493 e. The molecule has 0 spiro atoms. The summed E-state index contributed by atoms with van der Waals surface area (Å²) in [7, 11) is 4.66. The lowest BCUT2D eigenvalue weighted by Gasteiger charge is -2.20. The van der Waals surface area contributed by atoms with Gasteiger partial charge in [-0.2, -0.15) is 0 Å². The third-order valence-corrected chi connectivity index (χ3v) is 7.53. The summed E-state index contributed by atoms with van der Waals surface area (Å²) in [5.41, 5.74) is 4.28. The molecule has 0 fully saturated rings. The van der Waals surface area contributed by atoms with Crippen LogP contribution in [0.3, 0.4) is 0 Å². The number of thioether (sulfide) groups is 1. The van der Waals surface area contributed by atoms with Crippen molar-refractivity contribution >= 4 is 17.7 Å². The van der Waals surface area contributed by atoms with E-state index in [9.17, 15) is 19.7 Å². The number of carbonyl (C=O) groups excluding carboxylic acids is 1. The number of hydrogen-bond acceptors (Lipinski definition) is 9. The lowest BCUT2D eigenvalue weighted by atomic mass is 9.95. The van der Waals surface area contributed by atoms with Crippen molar-refractivity contribution in [1.29, 1.82) is 0 Å². The van der Waals surface area contributed by atoms with Crippen molar-refractivity contribution in [1.82, 2.24) is 5.32 Å². The maximum absolute atomic E-state index is 13.3. The number of nitrogens with zero attached hydrogens (tertiary/aromatic N) is 1. The first-order valence-corrected chi connectivity index (χ1v) is 13.7. The Morgan fingerprint density at radius 1 is 1.05 bits per heavy atom. The first-order chi connectivity index (χ1) is 19.3. The molecule has 1 aliphatic carbocycles. The topological polar surface area (TPSA) is 126 Å². The van der Waals surface area contributed by atoms with Gasteiger partial charge in [0.25, 0.3) is 5.09 Å². The van der Waals surface area contributed by atoms with Crippen LogP contribution in [-0.4, -0.2) is 38.6 Å². The van der Waals surface area contributed by atoms with Crippen LogP contribution in [0.5, 0.6) is 17.2 Å². The van der Waals surface area contributed by atoms with Crippen LogP contribution in [0.1, 0.15) is 34.7 Å². The molecule has 0 unspecified atom stereocenters. The second-order valence-corrected chi connectivity index (χ2v) is 9.96. The highest BCUT2D eigenvalue weighted by Crippen LogP contribution is 2.50. The fraction of sp³-hybridized carbons (Fsp3) is 0.310. The van der Waals surface area contributed by atoms with Crippen LogP contribution >= 0.6 is 11.8 Å². The van der Waals surface area contributed by atoms with Crippen molar-refractivity contribution < 1.29 is 28.9 Å². The second kappa shape index (κ2) is 12.7. The standard InChI is InChI=1S/C29H30N2O8S/c1-36-24-14-19-8-10-22(30-26(33)13-17-6-5-7-18(12-17)16-39-31(34)35)21-15-23(32)25(40-4)11-9-20(21)27(19)29(38-3)28(24)37-2/h5-7,9,11-12,14-15,22H,8,10,13,16H2,1-4H3,(H,30,33)/t22-/m0/s1. The molecule has 3 aromatic carbocycles. The monoisotopic (exact) mass is 566 g/mol. The van der Waals surface area contributed by atoms with Gasteiger partial charge in [0.15, 0.2) is 16.9 Å². The van der Waals surface area contributed by atoms with Gasteiger partial charge in [-0.3, -0.25) is 9.59 Å². The van der Waals surface area contributed by atoms with E-state index in [4.69, 9.17) is 14.2 Å². The maximum Gasteiger partial charge on any atom is 0.294 e. The number of aryl methyl sites for hydroxylation is 1. The van der Waals surface area contributed by atoms with E-state index in [1.54, 1.807) is 57.7 Å². The molecule has 0 aromatic heterocycles. The predicted molar refractivity (Wildman–Crippen MR) is 151 cm³/mol. The molecule has 11 heteroatoms. The highest BCUT2D eigenvalue weighted by molar-refractivity contribution is 7.98. The fourth-order valence-electron chi connectivity index (χ4n) is 5.00. The molecule has 1 N–H and O–H groups in total. The SMILES string of the molecule is COc1cc2c(c(OC)c1OC)-c1ccc(SC)c(=O)cc1[C@@H](NC(=O)Cc1cccc(CO[N+](=O)[O-])c1)CC2. The van der Waals surface area contributed by atoms with E-state index in [0.717, 1.165) is 16.7 Å². The van der Waals surface area contributed by atoms with Crippen molar-refractivity contribution in [3.63, 3.8) is 0 Å². The molecule has 3 aromatic rings. The molecule has 40 heavy (non-hydrogen) atoms. The van der Waals surface area contributed by atoms with Crippen molar-refractivity contribution in [2.24, 2.45) is 0 Å². The summed E-state index contributed by atoms with van der Waals surface area (Å²) >= 11 is 1.35. The Balaban J connectivity index is 1.74. The maximum atomic E-state index is 13.3. The number of carbonyl (C=O) groups is 1. The normalized spacial score (nSPS) is 13.8. The lowest BCUT2D eigenvalue weighted by Crippen LogP contribution is -2.30. The molecular formula is C29H30N2O8S. The van der Waals surface area contributed by atoms with E-state index in [-0.39, 0.29) is 24.4 Å². The Bertz CT molecular complexity index is 1490. The number of benzene rings is 2. The highest BCUT2D eigenvalue weighted by atomic mass is 32.2. The third kappa shape index (κ3) is 6.15. The summed E-state index contributed by atoms with van der Waals surface area (Å²) in [4.78, 5) is 42.0. The van der Waals surface area contributed by atoms with Crippen LogP contribution in [-0.2, 0) is 29.1 Å². The van der Waals surface area contributed by atoms with Gasteiger partial charge >= 0.3 is 0 Å². The predicted octanol–water partition coefficient (Wildman–Crippen LogP) is 4.52. The van der Waals surface area contributed by atoms with E-state index in [1.807, 2.05) is 18.4 Å². The van der Waals surface area contributed by atoms with Gasteiger partial charge in [0, 0.05) is 5.56 Å². The van der Waals surface area contributed by atoms with Gasteiger partial charge in [-0.15, -0.1) is 21.9 Å². The van der Waals surface area contributed by atoms with E-state index in [0.29, 0.717) is 51.7 Å². The minimum Gasteiger partial charge on any atom is -0.493 e. The van der Waals surface area contributed by atoms with Gasteiger partial charge in [0.05, 0.1) is 38.7 Å². The minimum absolute atomic E-state index is 0.0509. The summed E-state index contributed by atoms with van der Waals surface area (Å²) in [5.74, 6) is 1.21. The zero-order valence-electron chi connectivity index (χ0n) is 22.6. The Morgan fingerprint density at radius 2 is 1.80 bits per heavy atom. The van der Waals surface area contributed by atoms with Crippen molar-refractivity contribution in [2.45, 2.75) is 36.8 Å². The van der Waals surface area contributed by atoms with Crippen molar-refractivity contribution in [3.8, 4) is 28.4 Å². The van der Waals surface area contributed by atoms with Crippen LogP contribution in [0.15, 0.2) is 58.2 Å². The minimum atomic E-state index is -0.853. The van der Waals surface area contributed by atoms with Crippen LogP contribution in [0.25, 0.3) is 11.1 Å². The number of ether oxygens (including phenoxy) is 3. The first kappa shape index (κ1) is 28.8. The molecule has 210 valence electrons. The summed E-state index contributed by atoms with van der Waals surface area (Å²) in [6.45, 7) is -0.202. The summed E-state index contributed by atoms with van der Waals surface area (Å²) in [6, 6.07) is 13.6. The smallest absolute Gasteiger partial charge is 0.294 e. The Morgan fingerprint density at radius 3 is 2.48 bits per heavy atom. The summed E-state index contributed by atoms with van der Waals surface area (Å²) < 4.78 is 17.0. The molecule has 0 bridgehead atoms. The molecule has 4 rings (SSSR count). The third-order valence-electron chi connectivity index (χ3n) is 6.75. The summed E-state index contributed by atoms with van der Waals surface area (Å²) in [5, 5.41) is 12.8. The molecule has 0 saturated heterocycles. The quantitative estimate of drug-likeness (QED) is 0.214. The van der Waals surface area contributed by atoms with Gasteiger partial charge in [-0.05, 0) is 65.1 Å². The van der Waals surface area contributed by atoms with E-state index >= 15 is 0 Å². The molecule has 1 amide bonds. The molecule has 0 aliphatic heterocycles. The molecule has 0 radical (unpaired) electrons. The molecule has 10 nitrogen and oxygen atoms in total. The highest BCUT2D eigenvalue weighted by Gasteiger charge is 2.29. The van der Waals surface area contributed by atoms with Crippen LogP contribution < -0.4 is 25.0 Å². The number of nitrogens with one attached hydrogen (secondary N) is 1. The van der Waals surface area contributed by atoms with Gasteiger partial charge < -0.3 is 24.4 Å². The van der Waals surface area contributed by atoms with Gasteiger partial charge in [-0.1, -0.05) is 30.3 Å². The molecule has 1 aliphatic rings. The Kier molecular flexibility index (Phi) is 9.15.